The molecule has 0 fully saturated rings. The maximum Gasteiger partial charge on any atom is 0.418 e. The number of rotatable bonds is 4. The molecule has 5 nitrogen and oxygen atoms in total. The molecule has 0 atom stereocenters. The normalized spacial score (nSPS) is 12.3. The van der Waals surface area contributed by atoms with E-state index in [0.29, 0.717) is 0 Å². The van der Waals surface area contributed by atoms with Gasteiger partial charge in [0.05, 0.1) is 22.6 Å². The average molecular weight is 357 g/mol. The van der Waals surface area contributed by atoms with Gasteiger partial charge in [0.15, 0.2) is 0 Å². The van der Waals surface area contributed by atoms with Gasteiger partial charge in [0.2, 0.25) is 0 Å². The van der Waals surface area contributed by atoms with E-state index in [1.807, 2.05) is 0 Å². The average Bonchev–Trinajstić information content (AvgIpc) is 2.29. The Morgan fingerprint density at radius 3 is 2.35 bits per heavy atom. The molecule has 1 rings (SSSR count). The minimum atomic E-state index is -4.76. The lowest BCUT2D eigenvalue weighted by Gasteiger charge is -2.26. The van der Waals surface area contributed by atoms with Gasteiger partial charge in [0.25, 0.3) is 5.69 Å². The Morgan fingerprint density at radius 1 is 1.40 bits per heavy atom. The second-order valence-corrected chi connectivity index (χ2v) is 5.69. The van der Waals surface area contributed by atoms with Gasteiger partial charge >= 0.3 is 6.18 Å². The molecule has 0 spiro atoms. The van der Waals surface area contributed by atoms with Gasteiger partial charge in [0, 0.05) is 10.5 Å². The van der Waals surface area contributed by atoms with Crippen molar-refractivity contribution in [2.45, 2.75) is 25.6 Å². The highest BCUT2D eigenvalue weighted by molar-refractivity contribution is 9.10. The van der Waals surface area contributed by atoms with E-state index in [1.165, 1.54) is 13.8 Å². The molecule has 0 amide bonds. The number of benzene rings is 1. The molecule has 0 radical (unpaired) electrons. The number of hydrogen-bond donors (Lipinski definition) is 2. The van der Waals surface area contributed by atoms with E-state index >= 15 is 0 Å². The Hall–Kier alpha value is -1.35. The maximum absolute atomic E-state index is 13.0. The standard InChI is InChI=1S/C11H12BrF3N2O3/c1-10(2,5-18)16-9-7(11(13,14)15)3-6(12)4-8(9)17(19)20/h3-4,16,18H,5H2,1-2H3. The van der Waals surface area contributed by atoms with Gasteiger partial charge in [-0.15, -0.1) is 0 Å². The number of hydrogen-bond acceptors (Lipinski definition) is 4. The quantitative estimate of drug-likeness (QED) is 0.638. The molecule has 0 aliphatic carbocycles. The summed E-state index contributed by atoms with van der Waals surface area (Å²) >= 11 is 2.82. The van der Waals surface area contributed by atoms with Crippen molar-refractivity contribution in [3.63, 3.8) is 0 Å². The SMILES string of the molecule is CC(C)(CO)Nc1c([N+](=O)[O-])cc(Br)cc1C(F)(F)F. The summed E-state index contributed by atoms with van der Waals surface area (Å²) in [6, 6.07) is 1.73. The van der Waals surface area contributed by atoms with Crippen molar-refractivity contribution in [3.05, 3.63) is 32.3 Å². The molecule has 0 aliphatic heterocycles. The highest BCUT2D eigenvalue weighted by atomic mass is 79.9. The van der Waals surface area contributed by atoms with Crippen molar-refractivity contribution in [2.75, 3.05) is 11.9 Å². The molecule has 1 aromatic carbocycles. The molecule has 0 saturated carbocycles. The van der Waals surface area contributed by atoms with Crippen LogP contribution in [0.15, 0.2) is 16.6 Å². The monoisotopic (exact) mass is 356 g/mol. The van der Waals surface area contributed by atoms with Gasteiger partial charge in [0.1, 0.15) is 5.69 Å². The predicted octanol–water partition coefficient (Wildman–Crippen LogP) is 3.56. The summed E-state index contributed by atoms with van der Waals surface area (Å²) in [5.74, 6) is 0. The van der Waals surface area contributed by atoms with Gasteiger partial charge in [-0.3, -0.25) is 10.1 Å². The van der Waals surface area contributed by atoms with Gasteiger partial charge in [-0.05, 0) is 19.9 Å². The third-order valence-electron chi connectivity index (χ3n) is 2.44. The van der Waals surface area contributed by atoms with Crippen molar-refractivity contribution >= 4 is 27.3 Å². The van der Waals surface area contributed by atoms with Crippen molar-refractivity contribution in [2.24, 2.45) is 0 Å². The molecule has 0 bridgehead atoms. The summed E-state index contributed by atoms with van der Waals surface area (Å²) in [7, 11) is 0. The molecule has 1 aromatic rings. The third kappa shape index (κ3) is 3.83. The number of nitrogens with zero attached hydrogens (tertiary/aromatic N) is 1. The minimum absolute atomic E-state index is 0.0520. The summed E-state index contributed by atoms with van der Waals surface area (Å²) in [4.78, 5) is 10.0. The van der Waals surface area contributed by atoms with Crippen LogP contribution in [-0.2, 0) is 6.18 Å². The smallest absolute Gasteiger partial charge is 0.394 e. The summed E-state index contributed by atoms with van der Waals surface area (Å²) in [6.45, 7) is 2.37. The van der Waals surface area contributed by atoms with Crippen LogP contribution in [0.1, 0.15) is 19.4 Å². The molecule has 0 heterocycles. The van der Waals surface area contributed by atoms with E-state index in [0.717, 1.165) is 12.1 Å². The van der Waals surface area contributed by atoms with Gasteiger partial charge in [-0.25, -0.2) is 0 Å². The van der Waals surface area contributed by atoms with Crippen molar-refractivity contribution in [3.8, 4) is 0 Å². The minimum Gasteiger partial charge on any atom is -0.394 e. The number of nitro groups is 1. The fourth-order valence-electron chi connectivity index (χ4n) is 1.47. The summed E-state index contributed by atoms with van der Waals surface area (Å²) in [5.41, 5.74) is -3.68. The number of alkyl halides is 3. The first-order valence-corrected chi connectivity index (χ1v) is 6.21. The van der Waals surface area contributed by atoms with Crippen LogP contribution in [0.4, 0.5) is 24.5 Å². The van der Waals surface area contributed by atoms with E-state index < -0.39 is 40.2 Å². The van der Waals surface area contributed by atoms with E-state index in [2.05, 4.69) is 21.2 Å². The molecule has 2 N–H and O–H groups in total. The van der Waals surface area contributed by atoms with E-state index in [9.17, 15) is 23.3 Å². The van der Waals surface area contributed by atoms with Gasteiger partial charge in [-0.2, -0.15) is 13.2 Å². The molecule has 112 valence electrons. The molecule has 20 heavy (non-hydrogen) atoms. The van der Waals surface area contributed by atoms with Crippen LogP contribution in [0, 0.1) is 10.1 Å². The Labute approximate surface area is 121 Å². The van der Waals surface area contributed by atoms with Crippen molar-refractivity contribution < 1.29 is 23.2 Å². The fourth-order valence-corrected chi connectivity index (χ4v) is 1.92. The lowest BCUT2D eigenvalue weighted by atomic mass is 10.0. The Morgan fingerprint density at radius 2 is 1.95 bits per heavy atom. The zero-order valence-electron chi connectivity index (χ0n) is 10.6. The summed E-state index contributed by atoms with van der Waals surface area (Å²) in [5, 5.41) is 22.4. The second-order valence-electron chi connectivity index (χ2n) is 4.77. The number of nitrogens with one attached hydrogen (secondary N) is 1. The topological polar surface area (TPSA) is 75.4 Å². The van der Waals surface area contributed by atoms with Crippen molar-refractivity contribution in [1.82, 2.24) is 0 Å². The molecule has 9 heteroatoms. The molecule has 0 saturated heterocycles. The van der Waals surface area contributed by atoms with Crippen LogP contribution in [0.3, 0.4) is 0 Å². The van der Waals surface area contributed by atoms with Crippen LogP contribution < -0.4 is 5.32 Å². The largest absolute Gasteiger partial charge is 0.418 e. The highest BCUT2D eigenvalue weighted by Crippen LogP contribution is 2.42. The van der Waals surface area contributed by atoms with Crippen molar-refractivity contribution in [1.29, 1.82) is 0 Å². The fraction of sp³-hybridized carbons (Fsp3) is 0.455. The zero-order valence-corrected chi connectivity index (χ0v) is 12.2. The van der Waals surface area contributed by atoms with Gasteiger partial charge in [-0.1, -0.05) is 15.9 Å². The number of anilines is 1. The summed E-state index contributed by atoms with van der Waals surface area (Å²) < 4.78 is 39.0. The maximum atomic E-state index is 13.0. The van der Waals surface area contributed by atoms with Crippen LogP contribution in [0.25, 0.3) is 0 Å². The second kappa shape index (κ2) is 5.57. The Bertz CT molecular complexity index is 532. The number of halogens is 4. The third-order valence-corrected chi connectivity index (χ3v) is 2.90. The van der Waals surface area contributed by atoms with Crippen LogP contribution in [0.5, 0.6) is 0 Å². The number of nitro benzene ring substituents is 1. The molecular weight excluding hydrogens is 345 g/mol. The first kappa shape index (κ1) is 16.7. The first-order valence-electron chi connectivity index (χ1n) is 5.42. The number of aliphatic hydroxyl groups is 1. The lowest BCUT2D eigenvalue weighted by Crippen LogP contribution is -2.36. The van der Waals surface area contributed by atoms with E-state index in [1.54, 1.807) is 0 Å². The molecule has 0 aliphatic rings. The zero-order chi connectivity index (χ0) is 15.7. The number of aliphatic hydroxyl groups excluding tert-OH is 1. The van der Waals surface area contributed by atoms with E-state index in [4.69, 9.17) is 5.11 Å². The van der Waals surface area contributed by atoms with Crippen LogP contribution in [0.2, 0.25) is 0 Å². The predicted molar refractivity (Wildman–Crippen MR) is 70.6 cm³/mol. The molecular formula is C11H12BrF3N2O3. The molecule has 0 unspecified atom stereocenters. The Kier molecular flexibility index (Phi) is 4.65. The van der Waals surface area contributed by atoms with Crippen LogP contribution >= 0.6 is 15.9 Å². The molecule has 0 aromatic heterocycles. The first-order chi connectivity index (χ1) is 8.98. The van der Waals surface area contributed by atoms with Gasteiger partial charge < -0.3 is 10.4 Å². The van der Waals surface area contributed by atoms with E-state index in [-0.39, 0.29) is 4.47 Å². The lowest BCUT2D eigenvalue weighted by molar-refractivity contribution is -0.384. The van der Waals surface area contributed by atoms with Crippen LogP contribution in [-0.4, -0.2) is 22.2 Å². The summed E-state index contributed by atoms with van der Waals surface area (Å²) in [6.07, 6.45) is -4.76. The highest BCUT2D eigenvalue weighted by Gasteiger charge is 2.39. The Balaban J connectivity index is 3.55.